The van der Waals surface area contributed by atoms with Crippen LogP contribution in [0.25, 0.3) is 10.9 Å². The molecule has 0 spiro atoms. The van der Waals surface area contributed by atoms with E-state index in [-0.39, 0.29) is 18.0 Å². The van der Waals surface area contributed by atoms with E-state index >= 15 is 0 Å². The van der Waals surface area contributed by atoms with Crippen molar-refractivity contribution in [1.29, 1.82) is 0 Å². The van der Waals surface area contributed by atoms with Gasteiger partial charge in [0.2, 0.25) is 0 Å². The molecule has 2 aromatic heterocycles. The maximum Gasteiger partial charge on any atom is 0.264 e. The van der Waals surface area contributed by atoms with Crippen molar-refractivity contribution in [2.24, 2.45) is 0 Å². The lowest BCUT2D eigenvalue weighted by molar-refractivity contribution is -0.111. The highest BCUT2D eigenvalue weighted by Crippen LogP contribution is 2.26. The maximum atomic E-state index is 11.8. The molecule has 2 rings (SSSR count). The summed E-state index contributed by atoms with van der Waals surface area (Å²) >= 11 is 0.957. The van der Waals surface area contributed by atoms with Gasteiger partial charge in [0.1, 0.15) is 5.03 Å². The smallest absolute Gasteiger partial charge is 0.264 e. The number of aromatic nitrogens is 2. The van der Waals surface area contributed by atoms with Gasteiger partial charge in [-0.15, -0.1) is 0 Å². The van der Waals surface area contributed by atoms with Crippen LogP contribution in [0.4, 0.5) is 0 Å². The quantitative estimate of drug-likeness (QED) is 0.665. The number of carbonyl (C=O) groups is 1. The first kappa shape index (κ1) is 14.9. The van der Waals surface area contributed by atoms with E-state index in [2.05, 4.69) is 9.97 Å². The summed E-state index contributed by atoms with van der Waals surface area (Å²) in [5.41, 5.74) is 0.746. The number of nitrogens with zero attached hydrogens (tertiary/aromatic N) is 2. The summed E-state index contributed by atoms with van der Waals surface area (Å²) in [7, 11) is -4.01. The molecular weight excluding hydrogens is 300 g/mol. The molecule has 1 N–H and O–H groups in total. The van der Waals surface area contributed by atoms with Gasteiger partial charge < -0.3 is 0 Å². The number of fused-ring (bicyclic) bond motifs is 1. The summed E-state index contributed by atoms with van der Waals surface area (Å²) in [4.78, 5) is 20.1. The van der Waals surface area contributed by atoms with Crippen molar-refractivity contribution in [3.05, 3.63) is 30.6 Å². The summed E-state index contributed by atoms with van der Waals surface area (Å²) in [6, 6.07) is 5.34. The van der Waals surface area contributed by atoms with Crippen LogP contribution in [0.5, 0.6) is 0 Å². The van der Waals surface area contributed by atoms with E-state index in [0.717, 1.165) is 22.7 Å². The van der Waals surface area contributed by atoms with E-state index in [1.807, 2.05) is 6.07 Å². The molecule has 0 radical (unpaired) electrons. The molecule has 0 amide bonds. The van der Waals surface area contributed by atoms with Gasteiger partial charge in [0, 0.05) is 24.2 Å². The minimum atomic E-state index is -4.01. The third-order valence-corrected chi connectivity index (χ3v) is 4.24. The van der Waals surface area contributed by atoms with Crippen LogP contribution in [0.2, 0.25) is 0 Å². The van der Waals surface area contributed by atoms with Gasteiger partial charge in [-0.3, -0.25) is 14.3 Å². The Balaban J connectivity index is 2.03. The Kier molecular flexibility index (Phi) is 4.69. The lowest BCUT2D eigenvalue weighted by Gasteiger charge is -2.03. The molecular formula is C12H12N2O4S2. The molecule has 0 aliphatic heterocycles. The highest BCUT2D eigenvalue weighted by Gasteiger charge is 2.11. The van der Waals surface area contributed by atoms with Crippen LogP contribution in [0.15, 0.2) is 35.6 Å². The summed E-state index contributed by atoms with van der Waals surface area (Å²) in [5.74, 6) is -0.413. The number of rotatable bonds is 5. The molecule has 20 heavy (non-hydrogen) atoms. The van der Waals surface area contributed by atoms with Gasteiger partial charge >= 0.3 is 0 Å². The third kappa shape index (κ3) is 4.26. The van der Waals surface area contributed by atoms with Crippen molar-refractivity contribution in [3.8, 4) is 0 Å². The number of thioether (sulfide) groups is 1. The first-order valence-corrected chi connectivity index (χ1v) is 8.24. The first-order chi connectivity index (χ1) is 9.46. The Hall–Kier alpha value is -1.51. The zero-order valence-corrected chi connectivity index (χ0v) is 12.0. The van der Waals surface area contributed by atoms with Crippen molar-refractivity contribution >= 4 is 37.9 Å². The Morgan fingerprint density at radius 1 is 1.25 bits per heavy atom. The van der Waals surface area contributed by atoms with Crippen molar-refractivity contribution in [2.45, 2.75) is 17.9 Å². The summed E-state index contributed by atoms with van der Waals surface area (Å²) in [6.07, 6.45) is 3.38. The molecule has 8 heteroatoms. The predicted octanol–water partition coefficient (Wildman–Crippen LogP) is 1.92. The molecule has 2 aromatic rings. The Bertz CT molecular complexity index is 726. The van der Waals surface area contributed by atoms with Crippen LogP contribution < -0.4 is 0 Å². The molecule has 6 nitrogen and oxygen atoms in total. The Morgan fingerprint density at radius 3 is 2.80 bits per heavy atom. The zero-order valence-electron chi connectivity index (χ0n) is 10.4. The minimum Gasteiger partial charge on any atom is -0.287 e. The Labute approximate surface area is 120 Å². The van der Waals surface area contributed by atoms with Crippen LogP contribution in [0, 0.1) is 0 Å². The second kappa shape index (κ2) is 6.29. The molecule has 0 fully saturated rings. The van der Waals surface area contributed by atoms with Crippen LogP contribution in [0.1, 0.15) is 12.8 Å². The van der Waals surface area contributed by atoms with Crippen LogP contribution >= 0.6 is 11.8 Å². The summed E-state index contributed by atoms with van der Waals surface area (Å²) in [5, 5.41) is 1.13. The molecule has 0 aromatic carbocycles. The molecule has 0 aliphatic rings. The normalized spacial score (nSPS) is 11.7. The second-order valence-corrected chi connectivity index (χ2v) is 6.67. The highest BCUT2D eigenvalue weighted by atomic mass is 32.2. The molecule has 0 unspecified atom stereocenters. The Morgan fingerprint density at radius 2 is 2.05 bits per heavy atom. The van der Waals surface area contributed by atoms with E-state index in [1.54, 1.807) is 24.5 Å². The predicted molar refractivity (Wildman–Crippen MR) is 76.1 cm³/mol. The molecule has 0 saturated heterocycles. The molecule has 0 saturated carbocycles. The topological polar surface area (TPSA) is 97.2 Å². The fourth-order valence-electron chi connectivity index (χ4n) is 1.62. The highest BCUT2D eigenvalue weighted by molar-refractivity contribution is 8.13. The number of hydrogen-bond donors (Lipinski definition) is 1. The summed E-state index contributed by atoms with van der Waals surface area (Å²) in [6.45, 7) is 0. The molecule has 0 bridgehead atoms. The number of hydrogen-bond acceptors (Lipinski definition) is 6. The van der Waals surface area contributed by atoms with Crippen molar-refractivity contribution in [3.63, 3.8) is 0 Å². The van der Waals surface area contributed by atoms with Crippen molar-refractivity contribution in [1.82, 2.24) is 9.97 Å². The van der Waals surface area contributed by atoms with Gasteiger partial charge in [-0.05, 0) is 36.4 Å². The minimum absolute atomic E-state index is 0.0583. The van der Waals surface area contributed by atoms with Crippen molar-refractivity contribution in [2.75, 3.05) is 5.75 Å². The second-order valence-electron chi connectivity index (χ2n) is 4.05. The van der Waals surface area contributed by atoms with E-state index in [0.29, 0.717) is 5.03 Å². The van der Waals surface area contributed by atoms with Gasteiger partial charge in [-0.2, -0.15) is 8.42 Å². The lowest BCUT2D eigenvalue weighted by atomic mass is 10.3. The average Bonchev–Trinajstić information content (AvgIpc) is 2.37. The van der Waals surface area contributed by atoms with E-state index in [9.17, 15) is 13.2 Å². The average molecular weight is 312 g/mol. The fourth-order valence-corrected chi connectivity index (χ4v) is 2.98. The van der Waals surface area contributed by atoms with E-state index in [1.165, 1.54) is 0 Å². The molecule has 106 valence electrons. The van der Waals surface area contributed by atoms with Crippen molar-refractivity contribution < 1.29 is 17.8 Å². The van der Waals surface area contributed by atoms with Crippen LogP contribution in [-0.2, 0) is 14.9 Å². The largest absolute Gasteiger partial charge is 0.287 e. The molecule has 2 heterocycles. The SMILES string of the molecule is O=C(CCCS(=O)(=O)O)Sc1nccc2ncccc12. The van der Waals surface area contributed by atoms with Crippen LogP contribution in [0.3, 0.4) is 0 Å². The van der Waals surface area contributed by atoms with Crippen LogP contribution in [-0.4, -0.2) is 33.8 Å². The molecule has 0 aliphatic carbocycles. The van der Waals surface area contributed by atoms with E-state index in [4.69, 9.17) is 4.55 Å². The van der Waals surface area contributed by atoms with Gasteiger partial charge in [0.05, 0.1) is 11.3 Å². The standard InChI is InChI=1S/C12H12N2O4S2/c15-11(4-2-8-20(16,17)18)19-12-9-3-1-6-13-10(9)5-7-14-12/h1,3,5-7H,2,4,8H2,(H,16,17,18). The number of carbonyl (C=O) groups excluding carboxylic acids is 1. The summed E-state index contributed by atoms with van der Waals surface area (Å²) < 4.78 is 29.7. The van der Waals surface area contributed by atoms with Gasteiger partial charge in [-0.25, -0.2) is 4.98 Å². The van der Waals surface area contributed by atoms with Gasteiger partial charge in [-0.1, -0.05) is 0 Å². The number of pyridine rings is 2. The van der Waals surface area contributed by atoms with E-state index < -0.39 is 15.9 Å². The first-order valence-electron chi connectivity index (χ1n) is 5.81. The monoisotopic (exact) mass is 312 g/mol. The fraction of sp³-hybridized carbons (Fsp3) is 0.250. The van der Waals surface area contributed by atoms with Gasteiger partial charge in [0.25, 0.3) is 10.1 Å². The third-order valence-electron chi connectivity index (χ3n) is 2.49. The van der Waals surface area contributed by atoms with Gasteiger partial charge in [0.15, 0.2) is 5.12 Å². The molecule has 0 atom stereocenters. The zero-order chi connectivity index (χ0) is 14.6. The maximum absolute atomic E-state index is 11.8. The lowest BCUT2D eigenvalue weighted by Crippen LogP contribution is -2.05.